The van der Waals surface area contributed by atoms with Gasteiger partial charge in [-0.05, 0) is 24.6 Å². The Kier molecular flexibility index (Phi) is 5.48. The summed E-state index contributed by atoms with van der Waals surface area (Å²) >= 11 is 0. The summed E-state index contributed by atoms with van der Waals surface area (Å²) in [7, 11) is -1.62. The minimum atomic E-state index is -3.17. The summed E-state index contributed by atoms with van der Waals surface area (Å²) in [4.78, 5) is 31.3. The molecule has 2 aromatic rings. The van der Waals surface area contributed by atoms with Gasteiger partial charge in [0, 0.05) is 24.2 Å². The maximum atomic E-state index is 14.6. The Morgan fingerprint density at radius 2 is 1.77 bits per heavy atom. The van der Waals surface area contributed by atoms with E-state index >= 15 is 0 Å². The number of hydrogen-bond acceptors (Lipinski definition) is 5. The van der Waals surface area contributed by atoms with Gasteiger partial charge in [-0.15, -0.1) is 0 Å². The average Bonchev–Trinajstić information content (AvgIpc) is 3.04. The number of carbonyl (C=O) groups excluding carboxylic acids is 2. The molecule has 2 N–H and O–H groups in total. The molecule has 8 nitrogen and oxygen atoms in total. The minimum absolute atomic E-state index is 0.00787. The number of para-hydroxylation sites is 1. The fourth-order valence-corrected chi connectivity index (χ4v) is 5.42. The zero-order valence-electron chi connectivity index (χ0n) is 16.7. The molecule has 0 bridgehead atoms. The number of carbonyl (C=O) groups is 2. The lowest BCUT2D eigenvalue weighted by Gasteiger charge is -2.21. The van der Waals surface area contributed by atoms with Crippen LogP contribution in [0.2, 0.25) is 0 Å². The van der Waals surface area contributed by atoms with Crippen molar-refractivity contribution in [2.24, 2.45) is 4.99 Å². The SMILES string of the molecule is CN1C(=O)C(NC(=O)NC2CCS(=O)(=O)C2)N=C(c2ccccc2F)c2ccccc21. The third-order valence-electron chi connectivity index (χ3n) is 5.31. The van der Waals surface area contributed by atoms with E-state index in [1.54, 1.807) is 49.5 Å². The van der Waals surface area contributed by atoms with E-state index in [4.69, 9.17) is 0 Å². The van der Waals surface area contributed by atoms with Crippen LogP contribution in [0.4, 0.5) is 14.9 Å². The number of urea groups is 1. The number of likely N-dealkylation sites (N-methyl/N-ethyl adjacent to an activating group) is 1. The number of nitrogens with one attached hydrogen (secondary N) is 2. The Morgan fingerprint density at radius 3 is 2.45 bits per heavy atom. The van der Waals surface area contributed by atoms with Crippen LogP contribution in [0.25, 0.3) is 0 Å². The zero-order valence-corrected chi connectivity index (χ0v) is 17.5. The van der Waals surface area contributed by atoms with Gasteiger partial charge in [0.1, 0.15) is 5.82 Å². The number of amides is 3. The van der Waals surface area contributed by atoms with E-state index in [2.05, 4.69) is 15.6 Å². The van der Waals surface area contributed by atoms with Crippen LogP contribution in [-0.4, -0.2) is 56.8 Å². The summed E-state index contributed by atoms with van der Waals surface area (Å²) in [5.74, 6) is -1.15. The molecule has 2 aliphatic heterocycles. The molecule has 0 radical (unpaired) electrons. The number of sulfone groups is 1. The summed E-state index contributed by atoms with van der Waals surface area (Å²) in [6, 6.07) is 11.8. The molecule has 2 aromatic carbocycles. The van der Waals surface area contributed by atoms with Crippen LogP contribution in [-0.2, 0) is 14.6 Å². The van der Waals surface area contributed by atoms with Crippen molar-refractivity contribution < 1.29 is 22.4 Å². The van der Waals surface area contributed by atoms with Gasteiger partial charge in [0.2, 0.25) is 6.17 Å². The molecule has 2 aliphatic rings. The first kappa shape index (κ1) is 21.0. The number of rotatable bonds is 3. The smallest absolute Gasteiger partial charge is 0.317 e. The number of halogens is 1. The van der Waals surface area contributed by atoms with E-state index in [-0.39, 0.29) is 22.8 Å². The highest BCUT2D eigenvalue weighted by Crippen LogP contribution is 2.28. The summed E-state index contributed by atoms with van der Waals surface area (Å²) in [5.41, 5.74) is 1.52. The zero-order chi connectivity index (χ0) is 22.2. The van der Waals surface area contributed by atoms with Crippen LogP contribution < -0.4 is 15.5 Å². The van der Waals surface area contributed by atoms with Crippen LogP contribution in [0, 0.1) is 5.82 Å². The van der Waals surface area contributed by atoms with Gasteiger partial charge in [-0.25, -0.2) is 22.6 Å². The van der Waals surface area contributed by atoms with Crippen molar-refractivity contribution >= 4 is 33.2 Å². The molecule has 4 rings (SSSR count). The Bertz CT molecular complexity index is 1180. The number of anilines is 1. The molecule has 31 heavy (non-hydrogen) atoms. The quantitative estimate of drug-likeness (QED) is 0.747. The lowest BCUT2D eigenvalue weighted by atomic mass is 10.00. The third kappa shape index (κ3) is 4.29. The maximum Gasteiger partial charge on any atom is 0.317 e. The first-order valence-corrected chi connectivity index (χ1v) is 11.5. The van der Waals surface area contributed by atoms with Crippen molar-refractivity contribution in [2.75, 3.05) is 23.5 Å². The van der Waals surface area contributed by atoms with Gasteiger partial charge in [-0.2, -0.15) is 0 Å². The topological polar surface area (TPSA) is 108 Å². The van der Waals surface area contributed by atoms with Crippen molar-refractivity contribution in [3.63, 3.8) is 0 Å². The maximum absolute atomic E-state index is 14.6. The molecule has 1 saturated heterocycles. The van der Waals surface area contributed by atoms with Crippen LogP contribution in [0.15, 0.2) is 53.5 Å². The number of benzene rings is 2. The third-order valence-corrected chi connectivity index (χ3v) is 7.08. The predicted molar refractivity (Wildman–Crippen MR) is 114 cm³/mol. The van der Waals surface area contributed by atoms with E-state index in [0.717, 1.165) is 0 Å². The molecule has 2 heterocycles. The van der Waals surface area contributed by atoms with E-state index < -0.39 is 39.8 Å². The highest BCUT2D eigenvalue weighted by Gasteiger charge is 2.33. The van der Waals surface area contributed by atoms with Crippen LogP contribution in [0.5, 0.6) is 0 Å². The van der Waals surface area contributed by atoms with Gasteiger partial charge in [-0.3, -0.25) is 4.79 Å². The molecule has 3 amide bonds. The molecule has 0 aromatic heterocycles. The van der Waals surface area contributed by atoms with Crippen molar-refractivity contribution in [1.29, 1.82) is 0 Å². The van der Waals surface area contributed by atoms with Gasteiger partial charge >= 0.3 is 6.03 Å². The van der Waals surface area contributed by atoms with Crippen molar-refractivity contribution in [3.8, 4) is 0 Å². The molecule has 10 heteroatoms. The lowest BCUT2D eigenvalue weighted by Crippen LogP contribution is -2.51. The molecule has 0 spiro atoms. The van der Waals surface area contributed by atoms with Gasteiger partial charge in [0.15, 0.2) is 9.84 Å². The fourth-order valence-electron chi connectivity index (χ4n) is 3.74. The monoisotopic (exact) mass is 444 g/mol. The van der Waals surface area contributed by atoms with E-state index in [0.29, 0.717) is 17.7 Å². The Hall–Kier alpha value is -3.27. The normalized spacial score (nSPS) is 22.3. The molecule has 2 atom stereocenters. The molecule has 1 fully saturated rings. The number of nitrogens with zero attached hydrogens (tertiary/aromatic N) is 2. The summed E-state index contributed by atoms with van der Waals surface area (Å²) in [6.07, 6.45) is -1.01. The van der Waals surface area contributed by atoms with Crippen LogP contribution >= 0.6 is 0 Å². The average molecular weight is 444 g/mol. The fraction of sp³-hybridized carbons (Fsp3) is 0.286. The highest BCUT2D eigenvalue weighted by molar-refractivity contribution is 7.91. The number of benzodiazepines with no additional fused rings is 1. The summed E-state index contributed by atoms with van der Waals surface area (Å²) in [6.45, 7) is 0. The van der Waals surface area contributed by atoms with Gasteiger partial charge in [0.25, 0.3) is 5.91 Å². The molecule has 0 saturated carbocycles. The lowest BCUT2D eigenvalue weighted by molar-refractivity contribution is -0.119. The summed E-state index contributed by atoms with van der Waals surface area (Å²) < 4.78 is 37.8. The number of aliphatic imine (C=N–C) groups is 1. The Labute approximate surface area is 179 Å². The second kappa shape index (κ2) is 8.10. The second-order valence-electron chi connectivity index (χ2n) is 7.49. The van der Waals surface area contributed by atoms with E-state index in [1.807, 2.05) is 0 Å². The van der Waals surface area contributed by atoms with Crippen molar-refractivity contribution in [2.45, 2.75) is 18.6 Å². The van der Waals surface area contributed by atoms with Gasteiger partial charge < -0.3 is 15.5 Å². The standard InChI is InChI=1S/C21H21FN4O4S/c1-26-17-9-5-3-7-15(17)18(14-6-2-4-8-16(14)22)24-19(20(26)27)25-21(28)23-13-10-11-31(29,30)12-13/h2-9,13,19H,10-12H2,1H3,(H2,23,25,28). The summed E-state index contributed by atoms with van der Waals surface area (Å²) in [5, 5.41) is 5.08. The van der Waals surface area contributed by atoms with Gasteiger partial charge in [0.05, 0.1) is 22.9 Å². The molecular formula is C21H21FN4O4S. The largest absolute Gasteiger partial charge is 0.334 e. The number of hydrogen-bond donors (Lipinski definition) is 2. The Balaban J connectivity index is 1.68. The number of fused-ring (bicyclic) bond motifs is 1. The molecule has 0 aliphatic carbocycles. The highest BCUT2D eigenvalue weighted by atomic mass is 32.2. The second-order valence-corrected chi connectivity index (χ2v) is 9.72. The van der Waals surface area contributed by atoms with E-state index in [9.17, 15) is 22.4 Å². The van der Waals surface area contributed by atoms with Crippen LogP contribution in [0.1, 0.15) is 17.5 Å². The first-order valence-electron chi connectivity index (χ1n) is 9.72. The van der Waals surface area contributed by atoms with Gasteiger partial charge in [-0.1, -0.05) is 30.3 Å². The predicted octanol–water partition coefficient (Wildman–Crippen LogP) is 1.45. The van der Waals surface area contributed by atoms with Crippen LogP contribution in [0.3, 0.4) is 0 Å². The van der Waals surface area contributed by atoms with Crippen molar-refractivity contribution in [3.05, 3.63) is 65.5 Å². The Morgan fingerprint density at radius 1 is 1.10 bits per heavy atom. The van der Waals surface area contributed by atoms with Crippen molar-refractivity contribution in [1.82, 2.24) is 10.6 Å². The minimum Gasteiger partial charge on any atom is -0.334 e. The van der Waals surface area contributed by atoms with E-state index in [1.165, 1.54) is 11.0 Å². The molecular weight excluding hydrogens is 423 g/mol. The molecule has 2 unspecified atom stereocenters. The first-order chi connectivity index (χ1) is 14.7. The molecule has 162 valence electrons.